The largest absolute Gasteiger partial charge is 0.481 e. The molecule has 0 radical (unpaired) electrons. The van der Waals surface area contributed by atoms with Crippen molar-refractivity contribution in [3.05, 3.63) is 35.6 Å². The van der Waals surface area contributed by atoms with E-state index < -0.39 is 17.9 Å². The minimum absolute atomic E-state index is 0.0815. The quantitative estimate of drug-likeness (QED) is 0.867. The number of carboxylic acid groups (broad SMARTS) is 1. The molecule has 1 fully saturated rings. The number of carbonyl (C=O) groups excluding carboxylic acids is 1. The number of carbonyl (C=O) groups is 2. The van der Waals surface area contributed by atoms with Crippen LogP contribution in [0.1, 0.15) is 37.4 Å². The topological polar surface area (TPSA) is 77.8 Å². The third-order valence-corrected chi connectivity index (χ3v) is 3.71. The molecule has 2 atom stereocenters. The Kier molecular flexibility index (Phi) is 4.90. The maximum atomic E-state index is 13.1. The van der Waals surface area contributed by atoms with Crippen molar-refractivity contribution >= 4 is 11.9 Å². The average molecular weight is 295 g/mol. The first-order valence-electron chi connectivity index (χ1n) is 6.92. The van der Waals surface area contributed by atoms with Crippen LogP contribution in [0.15, 0.2) is 24.3 Å². The van der Waals surface area contributed by atoms with Gasteiger partial charge in [0.05, 0.1) is 18.9 Å². The van der Waals surface area contributed by atoms with E-state index in [4.69, 9.17) is 5.11 Å². The van der Waals surface area contributed by atoms with Crippen LogP contribution in [0.5, 0.6) is 0 Å². The summed E-state index contributed by atoms with van der Waals surface area (Å²) in [4.78, 5) is 24.5. The lowest BCUT2D eigenvalue weighted by molar-refractivity contribution is -0.140. The van der Waals surface area contributed by atoms with Gasteiger partial charge < -0.3 is 15.1 Å². The Morgan fingerprint density at radius 1 is 1.43 bits per heavy atom. The highest BCUT2D eigenvalue weighted by molar-refractivity contribution is 5.78. The first-order valence-corrected chi connectivity index (χ1v) is 6.92. The molecule has 0 bridgehead atoms. The molecule has 1 heterocycles. The summed E-state index contributed by atoms with van der Waals surface area (Å²) in [6.07, 6.45) is 0.0918. The molecule has 21 heavy (non-hydrogen) atoms. The molecule has 1 saturated heterocycles. The molecule has 1 aromatic carbocycles. The fraction of sp³-hybridized carbons (Fsp3) is 0.467. The van der Waals surface area contributed by atoms with E-state index in [9.17, 15) is 19.1 Å². The summed E-state index contributed by atoms with van der Waals surface area (Å²) in [6, 6.07) is 5.17. The van der Waals surface area contributed by atoms with Crippen LogP contribution in [0, 0.1) is 5.82 Å². The standard InChI is InChI=1S/C15H18FNO4/c16-11-4-1-3-10(7-11)13(18)9-14(19)17-6-2-5-12(17)8-15(20)21/h1,3-4,7,12-13,18H,2,5-6,8-9H2,(H,20,21)/t12-,13-/m1/s1. The molecular formula is C15H18FNO4. The molecule has 0 spiro atoms. The molecule has 1 amide bonds. The van der Waals surface area contributed by atoms with E-state index in [1.807, 2.05) is 0 Å². The minimum Gasteiger partial charge on any atom is -0.481 e. The molecule has 1 aliphatic heterocycles. The molecule has 114 valence electrons. The van der Waals surface area contributed by atoms with Crippen molar-refractivity contribution < 1.29 is 24.2 Å². The highest BCUT2D eigenvalue weighted by Gasteiger charge is 2.31. The van der Waals surface area contributed by atoms with Gasteiger partial charge >= 0.3 is 5.97 Å². The molecule has 0 aliphatic carbocycles. The highest BCUT2D eigenvalue weighted by Crippen LogP contribution is 2.24. The third kappa shape index (κ3) is 4.01. The van der Waals surface area contributed by atoms with Crippen LogP contribution in [0.4, 0.5) is 4.39 Å². The van der Waals surface area contributed by atoms with Crippen LogP contribution in [-0.4, -0.2) is 39.6 Å². The number of carboxylic acids is 1. The van der Waals surface area contributed by atoms with Gasteiger partial charge in [-0.25, -0.2) is 4.39 Å². The second-order valence-electron chi connectivity index (χ2n) is 5.26. The SMILES string of the molecule is O=C(O)C[C@H]1CCCN1C(=O)C[C@@H](O)c1cccc(F)c1. The number of aliphatic hydroxyl groups excluding tert-OH is 1. The lowest BCUT2D eigenvalue weighted by atomic mass is 10.1. The van der Waals surface area contributed by atoms with Gasteiger partial charge in [-0.05, 0) is 30.5 Å². The predicted molar refractivity (Wildman–Crippen MR) is 73.0 cm³/mol. The molecule has 1 aliphatic rings. The number of nitrogens with zero attached hydrogens (tertiary/aromatic N) is 1. The maximum absolute atomic E-state index is 13.1. The van der Waals surface area contributed by atoms with E-state index in [0.717, 1.165) is 6.42 Å². The Hall–Kier alpha value is -1.95. The first kappa shape index (κ1) is 15.4. The van der Waals surface area contributed by atoms with E-state index in [-0.39, 0.29) is 24.8 Å². The van der Waals surface area contributed by atoms with E-state index >= 15 is 0 Å². The van der Waals surface area contributed by atoms with E-state index in [1.54, 1.807) is 6.07 Å². The Balaban J connectivity index is 1.98. The van der Waals surface area contributed by atoms with Gasteiger partial charge in [-0.15, -0.1) is 0 Å². The summed E-state index contributed by atoms with van der Waals surface area (Å²) in [5.74, 6) is -1.70. The molecule has 6 heteroatoms. The van der Waals surface area contributed by atoms with Gasteiger partial charge in [0, 0.05) is 12.6 Å². The first-order chi connectivity index (χ1) is 9.97. The zero-order chi connectivity index (χ0) is 15.4. The molecule has 5 nitrogen and oxygen atoms in total. The number of benzene rings is 1. The summed E-state index contributed by atoms with van der Waals surface area (Å²) in [7, 11) is 0. The van der Waals surface area contributed by atoms with Crippen LogP contribution in [0.25, 0.3) is 0 Å². The van der Waals surface area contributed by atoms with Gasteiger partial charge in [-0.1, -0.05) is 12.1 Å². The summed E-state index contributed by atoms with van der Waals surface area (Å²) in [5, 5.41) is 18.8. The second kappa shape index (κ2) is 6.67. The average Bonchev–Trinajstić information content (AvgIpc) is 2.86. The van der Waals surface area contributed by atoms with E-state index in [1.165, 1.54) is 23.1 Å². The van der Waals surface area contributed by atoms with Crippen molar-refractivity contribution in [1.29, 1.82) is 0 Å². The lowest BCUT2D eigenvalue weighted by Gasteiger charge is -2.24. The fourth-order valence-electron chi connectivity index (χ4n) is 2.69. The lowest BCUT2D eigenvalue weighted by Crippen LogP contribution is -2.37. The third-order valence-electron chi connectivity index (χ3n) is 3.71. The smallest absolute Gasteiger partial charge is 0.305 e. The molecule has 2 rings (SSSR count). The number of aliphatic carboxylic acids is 1. The summed E-state index contributed by atoms with van der Waals surface area (Å²) < 4.78 is 13.1. The number of likely N-dealkylation sites (tertiary alicyclic amines) is 1. The van der Waals surface area contributed by atoms with Crippen LogP contribution in [0.2, 0.25) is 0 Å². The Bertz CT molecular complexity index is 534. The summed E-state index contributed by atoms with van der Waals surface area (Å²) in [5.41, 5.74) is 0.345. The number of aliphatic hydroxyl groups is 1. The molecule has 0 aromatic heterocycles. The molecule has 1 aromatic rings. The van der Waals surface area contributed by atoms with Gasteiger partial charge in [0.15, 0.2) is 0 Å². The van der Waals surface area contributed by atoms with Crippen LogP contribution >= 0.6 is 0 Å². The Morgan fingerprint density at radius 2 is 2.19 bits per heavy atom. The number of hydrogen-bond donors (Lipinski definition) is 2. The van der Waals surface area contributed by atoms with Gasteiger partial charge in [-0.3, -0.25) is 9.59 Å². The number of amides is 1. The molecule has 2 N–H and O–H groups in total. The van der Waals surface area contributed by atoms with E-state index in [2.05, 4.69) is 0 Å². The van der Waals surface area contributed by atoms with Gasteiger partial charge in [0.25, 0.3) is 0 Å². The van der Waals surface area contributed by atoms with E-state index in [0.29, 0.717) is 18.5 Å². The van der Waals surface area contributed by atoms with Gasteiger partial charge in [-0.2, -0.15) is 0 Å². The van der Waals surface area contributed by atoms with Crippen LogP contribution < -0.4 is 0 Å². The van der Waals surface area contributed by atoms with Crippen molar-refractivity contribution in [2.45, 2.75) is 37.8 Å². The van der Waals surface area contributed by atoms with Crippen LogP contribution in [0.3, 0.4) is 0 Å². The number of hydrogen-bond acceptors (Lipinski definition) is 3. The maximum Gasteiger partial charge on any atom is 0.305 e. The van der Waals surface area contributed by atoms with Gasteiger partial charge in [0.1, 0.15) is 5.82 Å². The molecule has 0 saturated carbocycles. The molecular weight excluding hydrogens is 277 g/mol. The monoisotopic (exact) mass is 295 g/mol. The van der Waals surface area contributed by atoms with Crippen LogP contribution in [-0.2, 0) is 9.59 Å². The minimum atomic E-state index is -1.08. The zero-order valence-electron chi connectivity index (χ0n) is 11.5. The predicted octanol–water partition coefficient (Wildman–Crippen LogP) is 1.71. The normalized spacial score (nSPS) is 19.5. The number of rotatable bonds is 5. The van der Waals surface area contributed by atoms with Crippen molar-refractivity contribution in [2.24, 2.45) is 0 Å². The van der Waals surface area contributed by atoms with Crippen molar-refractivity contribution in [3.63, 3.8) is 0 Å². The summed E-state index contributed by atoms with van der Waals surface area (Å²) in [6.45, 7) is 0.507. The second-order valence-corrected chi connectivity index (χ2v) is 5.26. The van der Waals surface area contributed by atoms with Crippen molar-refractivity contribution in [1.82, 2.24) is 4.90 Å². The Labute approximate surface area is 122 Å². The Morgan fingerprint density at radius 3 is 2.86 bits per heavy atom. The van der Waals surface area contributed by atoms with Gasteiger partial charge in [0.2, 0.25) is 5.91 Å². The number of halogens is 1. The fourth-order valence-corrected chi connectivity index (χ4v) is 2.69. The highest BCUT2D eigenvalue weighted by atomic mass is 19.1. The molecule has 0 unspecified atom stereocenters. The van der Waals surface area contributed by atoms with Crippen molar-refractivity contribution in [3.8, 4) is 0 Å². The summed E-state index contributed by atoms with van der Waals surface area (Å²) >= 11 is 0. The van der Waals surface area contributed by atoms with Crippen molar-refractivity contribution in [2.75, 3.05) is 6.54 Å². The zero-order valence-corrected chi connectivity index (χ0v) is 11.5.